The molecule has 1 aromatic carbocycles. The number of sulfonamides is 2. The minimum Gasteiger partial charge on any atom is -0.491 e. The molecule has 0 radical (unpaired) electrons. The van der Waals surface area contributed by atoms with Crippen LogP contribution in [0.25, 0.3) is 11.2 Å². The molecule has 15 heteroatoms. The van der Waals surface area contributed by atoms with E-state index >= 15 is 0 Å². The third-order valence-electron chi connectivity index (χ3n) is 7.72. The fourth-order valence-corrected chi connectivity index (χ4v) is 7.49. The largest absolute Gasteiger partial charge is 0.491 e. The summed E-state index contributed by atoms with van der Waals surface area (Å²) in [5, 5.41) is 13.7. The van der Waals surface area contributed by atoms with Crippen LogP contribution < -0.4 is 14.8 Å². The smallest absolute Gasteiger partial charge is 0.244 e. The monoisotopic (exact) mass is 608 g/mol. The molecule has 2 fully saturated rings. The van der Waals surface area contributed by atoms with Gasteiger partial charge in [0.1, 0.15) is 28.9 Å². The molecule has 224 valence electrons. The summed E-state index contributed by atoms with van der Waals surface area (Å²) >= 11 is 0. The highest BCUT2D eigenvalue weighted by Crippen LogP contribution is 2.37. The quantitative estimate of drug-likeness (QED) is 0.282. The van der Waals surface area contributed by atoms with E-state index in [0.717, 1.165) is 0 Å². The number of aromatic nitrogens is 3. The van der Waals surface area contributed by atoms with Crippen molar-refractivity contribution in [2.24, 2.45) is 0 Å². The van der Waals surface area contributed by atoms with E-state index in [2.05, 4.69) is 20.0 Å². The van der Waals surface area contributed by atoms with Crippen LogP contribution in [0, 0.1) is 0 Å². The zero-order valence-electron chi connectivity index (χ0n) is 23.1. The Hall–Kier alpha value is -2.66. The predicted molar refractivity (Wildman–Crippen MR) is 150 cm³/mol. The number of hydrogen-bond donors (Lipinski definition) is 3. The Morgan fingerprint density at radius 2 is 1.95 bits per heavy atom. The lowest BCUT2D eigenvalue weighted by Gasteiger charge is -2.38. The number of hydrogen-bond acceptors (Lipinski definition) is 10. The lowest BCUT2D eigenvalue weighted by atomic mass is 9.88. The Kier molecular flexibility index (Phi) is 8.66. The van der Waals surface area contributed by atoms with Gasteiger partial charge in [0.05, 0.1) is 23.4 Å². The molecule has 0 amide bonds. The van der Waals surface area contributed by atoms with Gasteiger partial charge in [-0.05, 0) is 51.4 Å². The Balaban J connectivity index is 1.09. The van der Waals surface area contributed by atoms with E-state index in [-0.39, 0.29) is 29.0 Å². The SMILES string of the molecule is CCn1cnc2cc(S(=O)(=O)N3CCC4(CC3)C[C@@H](NC[C@H](O)COc3cccc(S(=O)(=O)NC)c3)CO4)cnc21. The van der Waals surface area contributed by atoms with Crippen molar-refractivity contribution in [2.45, 2.75) is 60.3 Å². The molecule has 4 heterocycles. The molecule has 13 nitrogen and oxygen atoms in total. The van der Waals surface area contributed by atoms with Gasteiger partial charge < -0.3 is 24.5 Å². The van der Waals surface area contributed by atoms with Gasteiger partial charge in [-0.1, -0.05) is 6.07 Å². The minimum absolute atomic E-state index is 0.0113. The number of nitrogens with zero attached hydrogens (tertiary/aromatic N) is 4. The van der Waals surface area contributed by atoms with E-state index in [1.807, 2.05) is 11.5 Å². The number of imidazole rings is 1. The number of aliphatic hydroxyl groups is 1. The fourth-order valence-electron chi connectivity index (χ4n) is 5.31. The number of ether oxygens (including phenoxy) is 2. The molecule has 2 aromatic heterocycles. The first-order valence-corrected chi connectivity index (χ1v) is 16.5. The summed E-state index contributed by atoms with van der Waals surface area (Å²) in [6.07, 6.45) is 4.09. The molecule has 41 heavy (non-hydrogen) atoms. The maximum atomic E-state index is 13.3. The van der Waals surface area contributed by atoms with E-state index < -0.39 is 31.8 Å². The van der Waals surface area contributed by atoms with Crippen LogP contribution in [0.2, 0.25) is 0 Å². The van der Waals surface area contributed by atoms with Crippen molar-refractivity contribution in [1.82, 2.24) is 28.9 Å². The number of aliphatic hydroxyl groups excluding tert-OH is 1. The normalized spacial score (nSPS) is 20.5. The van der Waals surface area contributed by atoms with Gasteiger partial charge in [0.2, 0.25) is 20.0 Å². The molecular formula is C26H36N6O7S2. The second-order valence-corrected chi connectivity index (χ2v) is 14.2. The maximum absolute atomic E-state index is 13.3. The summed E-state index contributed by atoms with van der Waals surface area (Å²) in [6.45, 7) is 4.08. The van der Waals surface area contributed by atoms with Gasteiger partial charge in [-0.2, -0.15) is 4.31 Å². The van der Waals surface area contributed by atoms with Gasteiger partial charge in [0.25, 0.3) is 0 Å². The average molecular weight is 609 g/mol. The minimum atomic E-state index is -3.71. The third-order valence-corrected chi connectivity index (χ3v) is 11.0. The first-order chi connectivity index (χ1) is 19.5. The average Bonchev–Trinajstić information content (AvgIpc) is 3.58. The number of nitrogens with one attached hydrogen (secondary N) is 2. The lowest BCUT2D eigenvalue weighted by Crippen LogP contribution is -2.47. The Bertz CT molecular complexity index is 1590. The topological polar surface area (TPSA) is 165 Å². The van der Waals surface area contributed by atoms with Gasteiger partial charge in [-0.15, -0.1) is 0 Å². The van der Waals surface area contributed by atoms with Crippen molar-refractivity contribution in [2.75, 3.05) is 39.9 Å². The van der Waals surface area contributed by atoms with E-state index in [0.29, 0.717) is 62.4 Å². The van der Waals surface area contributed by atoms with Crippen LogP contribution >= 0.6 is 0 Å². The summed E-state index contributed by atoms with van der Waals surface area (Å²) in [4.78, 5) is 8.85. The van der Waals surface area contributed by atoms with Crippen molar-refractivity contribution < 1.29 is 31.4 Å². The molecule has 0 bridgehead atoms. The number of benzene rings is 1. The van der Waals surface area contributed by atoms with Gasteiger partial charge in [0.15, 0.2) is 5.65 Å². The lowest BCUT2D eigenvalue weighted by molar-refractivity contribution is -0.0312. The molecule has 3 N–H and O–H groups in total. The number of piperidine rings is 1. The van der Waals surface area contributed by atoms with Crippen LogP contribution in [-0.4, -0.2) is 98.4 Å². The molecule has 2 aliphatic heterocycles. The van der Waals surface area contributed by atoms with Gasteiger partial charge in [-0.25, -0.2) is 31.5 Å². The molecule has 3 aromatic rings. The van der Waals surface area contributed by atoms with E-state index in [9.17, 15) is 21.9 Å². The molecule has 1 spiro atoms. The van der Waals surface area contributed by atoms with Gasteiger partial charge in [-0.3, -0.25) is 0 Å². The number of pyridine rings is 1. The summed E-state index contributed by atoms with van der Waals surface area (Å²) in [5.41, 5.74) is 0.803. The molecule has 0 unspecified atom stereocenters. The molecule has 2 saturated heterocycles. The fraction of sp³-hybridized carbons (Fsp3) is 0.538. The number of aryl methyl sites for hydroxylation is 1. The van der Waals surface area contributed by atoms with Crippen LogP contribution in [0.5, 0.6) is 5.75 Å². The van der Waals surface area contributed by atoms with Crippen LogP contribution in [0.4, 0.5) is 0 Å². The number of fused-ring (bicyclic) bond motifs is 1. The highest BCUT2D eigenvalue weighted by atomic mass is 32.2. The van der Waals surface area contributed by atoms with Gasteiger partial charge in [0, 0.05) is 44.5 Å². The first kappa shape index (κ1) is 29.8. The molecule has 2 atom stereocenters. The molecule has 5 rings (SSSR count). The third kappa shape index (κ3) is 6.40. The van der Waals surface area contributed by atoms with Crippen molar-refractivity contribution >= 4 is 31.2 Å². The van der Waals surface area contributed by atoms with Crippen molar-refractivity contribution in [3.05, 3.63) is 42.9 Å². The second kappa shape index (κ2) is 11.9. The van der Waals surface area contributed by atoms with Gasteiger partial charge >= 0.3 is 0 Å². The maximum Gasteiger partial charge on any atom is 0.244 e. The van der Waals surface area contributed by atoms with Crippen LogP contribution in [-0.2, 0) is 31.3 Å². The van der Waals surface area contributed by atoms with E-state index in [4.69, 9.17) is 9.47 Å². The Morgan fingerprint density at radius 3 is 2.68 bits per heavy atom. The zero-order valence-corrected chi connectivity index (χ0v) is 24.7. The number of rotatable bonds is 11. The standard InChI is InChI=1S/C26H36N6O7S2/c1-3-31-18-30-24-12-23(15-29-25(24)31)41(36,37)32-9-7-26(8-10-32)13-19(16-39-26)28-14-20(33)17-38-21-5-4-6-22(11-21)40(34,35)27-2/h4-6,11-12,15,18-20,27-28,33H,3,7-10,13-14,16-17H2,1-2H3/t19-,20+/m1/s1. The van der Waals surface area contributed by atoms with Crippen molar-refractivity contribution in [3.8, 4) is 5.75 Å². The molecule has 0 saturated carbocycles. The van der Waals surface area contributed by atoms with E-state index in [1.165, 1.54) is 29.7 Å². The summed E-state index contributed by atoms with van der Waals surface area (Å²) < 4.78 is 68.0. The van der Waals surface area contributed by atoms with E-state index in [1.54, 1.807) is 24.5 Å². The van der Waals surface area contributed by atoms with Crippen molar-refractivity contribution in [1.29, 1.82) is 0 Å². The van der Waals surface area contributed by atoms with Crippen LogP contribution in [0.1, 0.15) is 26.2 Å². The second-order valence-electron chi connectivity index (χ2n) is 10.4. The summed E-state index contributed by atoms with van der Waals surface area (Å²) in [6, 6.07) is 7.67. The van der Waals surface area contributed by atoms with Crippen LogP contribution in [0.15, 0.2) is 52.6 Å². The highest BCUT2D eigenvalue weighted by Gasteiger charge is 2.44. The van der Waals surface area contributed by atoms with Crippen LogP contribution in [0.3, 0.4) is 0 Å². The molecule has 2 aliphatic rings. The van der Waals surface area contributed by atoms with Crippen molar-refractivity contribution in [3.63, 3.8) is 0 Å². The predicted octanol–water partition coefficient (Wildman–Crippen LogP) is 0.701. The molecular weight excluding hydrogens is 572 g/mol. The summed E-state index contributed by atoms with van der Waals surface area (Å²) in [7, 11) is -5.96. The Labute approximate surface area is 240 Å². The molecule has 0 aliphatic carbocycles. The zero-order chi connectivity index (χ0) is 29.3. The summed E-state index contributed by atoms with van der Waals surface area (Å²) in [5.74, 6) is 0.344. The highest BCUT2D eigenvalue weighted by molar-refractivity contribution is 7.89. The first-order valence-electron chi connectivity index (χ1n) is 13.6. The Morgan fingerprint density at radius 1 is 1.17 bits per heavy atom.